The zero-order valence-corrected chi connectivity index (χ0v) is 11.7. The van der Waals surface area contributed by atoms with E-state index < -0.39 is 0 Å². The van der Waals surface area contributed by atoms with E-state index in [1.54, 1.807) is 30.3 Å². The summed E-state index contributed by atoms with van der Waals surface area (Å²) in [5.74, 6) is 0.775. The van der Waals surface area contributed by atoms with E-state index in [0.717, 1.165) is 18.9 Å². The number of aromatic nitrogens is 1. The Bertz CT molecular complexity index is 429. The van der Waals surface area contributed by atoms with Crippen LogP contribution in [0.5, 0.6) is 0 Å². The number of rotatable bonds is 5. The number of carbonyl (C=O) groups is 1. The lowest BCUT2D eigenvalue weighted by Gasteiger charge is -2.21. The lowest BCUT2D eigenvalue weighted by Crippen LogP contribution is -2.35. The number of hydrogen-bond acceptors (Lipinski definition) is 4. The smallest absolute Gasteiger partial charge is 0.253 e. The highest BCUT2D eigenvalue weighted by molar-refractivity contribution is 5.94. The largest absolute Gasteiger partial charge is 0.373 e. The zero-order chi connectivity index (χ0) is 13.7. The summed E-state index contributed by atoms with van der Waals surface area (Å²) < 4.78 is 0. The molecule has 1 saturated heterocycles. The summed E-state index contributed by atoms with van der Waals surface area (Å²) in [7, 11) is 3.66. The summed E-state index contributed by atoms with van der Waals surface area (Å²) in [4.78, 5) is 20.6. The molecule has 1 aliphatic heterocycles. The molecule has 1 aromatic rings. The number of likely N-dealkylation sites (tertiary alicyclic amines) is 1. The van der Waals surface area contributed by atoms with Gasteiger partial charge in [0.1, 0.15) is 5.82 Å². The molecule has 0 radical (unpaired) electrons. The molecule has 2 rings (SSSR count). The molecule has 1 aliphatic rings. The number of pyridine rings is 1. The Labute approximate surface area is 114 Å². The monoisotopic (exact) mass is 262 g/mol. The first-order valence-electron chi connectivity index (χ1n) is 6.82. The van der Waals surface area contributed by atoms with Crippen molar-refractivity contribution in [2.24, 2.45) is 0 Å². The van der Waals surface area contributed by atoms with Crippen LogP contribution in [-0.4, -0.2) is 61.0 Å². The van der Waals surface area contributed by atoms with Crippen molar-refractivity contribution in [3.8, 4) is 0 Å². The van der Waals surface area contributed by atoms with Gasteiger partial charge in [0.15, 0.2) is 0 Å². The van der Waals surface area contributed by atoms with E-state index in [0.29, 0.717) is 5.56 Å². The van der Waals surface area contributed by atoms with Crippen molar-refractivity contribution in [3.05, 3.63) is 23.9 Å². The maximum atomic E-state index is 12.3. The van der Waals surface area contributed by atoms with Gasteiger partial charge in [-0.15, -0.1) is 0 Å². The highest BCUT2D eigenvalue weighted by Gasteiger charge is 2.15. The summed E-state index contributed by atoms with van der Waals surface area (Å²) in [6.45, 7) is 4.07. The first-order valence-corrected chi connectivity index (χ1v) is 6.82. The Morgan fingerprint density at radius 3 is 2.89 bits per heavy atom. The predicted octanol–water partition coefficient (Wildman–Crippen LogP) is 1.29. The summed E-state index contributed by atoms with van der Waals surface area (Å²) in [6.07, 6.45) is 4.23. The molecule has 1 amide bonds. The van der Waals surface area contributed by atoms with Gasteiger partial charge in [0, 0.05) is 38.9 Å². The molecular weight excluding hydrogens is 240 g/mol. The second-order valence-corrected chi connectivity index (χ2v) is 4.96. The van der Waals surface area contributed by atoms with E-state index in [-0.39, 0.29) is 5.91 Å². The third kappa shape index (κ3) is 3.67. The Morgan fingerprint density at radius 1 is 1.47 bits per heavy atom. The Hall–Kier alpha value is -1.62. The molecule has 1 N–H and O–H groups in total. The Balaban J connectivity index is 1.90. The maximum Gasteiger partial charge on any atom is 0.253 e. The van der Waals surface area contributed by atoms with Crippen LogP contribution in [-0.2, 0) is 0 Å². The van der Waals surface area contributed by atoms with Gasteiger partial charge in [0.25, 0.3) is 5.91 Å². The lowest BCUT2D eigenvalue weighted by molar-refractivity contribution is 0.0782. The molecule has 5 nitrogen and oxygen atoms in total. The van der Waals surface area contributed by atoms with E-state index in [4.69, 9.17) is 0 Å². The molecule has 0 spiro atoms. The van der Waals surface area contributed by atoms with E-state index in [9.17, 15) is 4.79 Å². The van der Waals surface area contributed by atoms with Crippen molar-refractivity contribution in [3.63, 3.8) is 0 Å². The van der Waals surface area contributed by atoms with Gasteiger partial charge < -0.3 is 15.1 Å². The molecule has 1 aromatic heterocycles. The standard InChI is InChI=1S/C14H22N4O/c1-15-13-11-12(5-6-16-13)14(19)17(2)9-10-18-7-3-4-8-18/h5-6,11H,3-4,7-10H2,1-2H3,(H,15,16). The fourth-order valence-electron chi connectivity index (χ4n) is 2.32. The van der Waals surface area contributed by atoms with Crippen LogP contribution in [0.3, 0.4) is 0 Å². The first-order chi connectivity index (χ1) is 9.20. The number of amides is 1. The second kappa shape index (κ2) is 6.52. The molecule has 19 heavy (non-hydrogen) atoms. The fourth-order valence-corrected chi connectivity index (χ4v) is 2.32. The summed E-state index contributed by atoms with van der Waals surface area (Å²) in [6, 6.07) is 3.55. The minimum Gasteiger partial charge on any atom is -0.373 e. The van der Waals surface area contributed by atoms with Crippen molar-refractivity contribution < 1.29 is 4.79 Å². The van der Waals surface area contributed by atoms with Gasteiger partial charge in [0.2, 0.25) is 0 Å². The molecule has 0 aliphatic carbocycles. The third-order valence-corrected chi connectivity index (χ3v) is 3.56. The molecule has 104 valence electrons. The average molecular weight is 262 g/mol. The van der Waals surface area contributed by atoms with Crippen LogP contribution in [0.4, 0.5) is 5.82 Å². The lowest BCUT2D eigenvalue weighted by atomic mass is 10.2. The van der Waals surface area contributed by atoms with E-state index in [2.05, 4.69) is 15.2 Å². The minimum atomic E-state index is 0.0538. The zero-order valence-electron chi connectivity index (χ0n) is 11.7. The van der Waals surface area contributed by atoms with Crippen LogP contribution in [0.2, 0.25) is 0 Å². The average Bonchev–Trinajstić information content (AvgIpc) is 2.97. The van der Waals surface area contributed by atoms with E-state index >= 15 is 0 Å². The quantitative estimate of drug-likeness (QED) is 0.868. The van der Waals surface area contributed by atoms with E-state index in [1.165, 1.54) is 25.9 Å². The van der Waals surface area contributed by atoms with Gasteiger partial charge >= 0.3 is 0 Å². The molecule has 0 unspecified atom stereocenters. The molecular formula is C14H22N4O. The van der Waals surface area contributed by atoms with Crippen LogP contribution in [0, 0.1) is 0 Å². The molecule has 0 atom stereocenters. The van der Waals surface area contributed by atoms with Gasteiger partial charge in [-0.05, 0) is 38.1 Å². The number of hydrogen-bond donors (Lipinski definition) is 1. The summed E-state index contributed by atoms with van der Waals surface area (Å²) >= 11 is 0. The topological polar surface area (TPSA) is 48.5 Å². The van der Waals surface area contributed by atoms with Crippen molar-refractivity contribution in [1.82, 2.24) is 14.8 Å². The highest BCUT2D eigenvalue weighted by Crippen LogP contribution is 2.10. The van der Waals surface area contributed by atoms with Crippen molar-refractivity contribution >= 4 is 11.7 Å². The summed E-state index contributed by atoms with van der Waals surface area (Å²) in [5, 5.41) is 2.95. The Morgan fingerprint density at radius 2 is 2.21 bits per heavy atom. The fraction of sp³-hybridized carbons (Fsp3) is 0.571. The number of nitrogens with one attached hydrogen (secondary N) is 1. The van der Waals surface area contributed by atoms with Gasteiger partial charge in [-0.1, -0.05) is 0 Å². The maximum absolute atomic E-state index is 12.3. The van der Waals surface area contributed by atoms with Crippen molar-refractivity contribution in [2.75, 3.05) is 45.6 Å². The number of carbonyl (C=O) groups excluding carboxylic acids is 1. The Kier molecular flexibility index (Phi) is 4.74. The number of likely N-dealkylation sites (N-methyl/N-ethyl adjacent to an activating group) is 1. The molecule has 1 fully saturated rings. The third-order valence-electron chi connectivity index (χ3n) is 3.56. The SMILES string of the molecule is CNc1cc(C(=O)N(C)CCN2CCCC2)ccn1. The molecule has 2 heterocycles. The second-order valence-electron chi connectivity index (χ2n) is 4.96. The number of anilines is 1. The molecule has 0 bridgehead atoms. The van der Waals surface area contributed by atoms with Gasteiger partial charge in [0.05, 0.1) is 0 Å². The van der Waals surface area contributed by atoms with E-state index in [1.807, 2.05) is 7.05 Å². The highest BCUT2D eigenvalue weighted by atomic mass is 16.2. The van der Waals surface area contributed by atoms with Crippen LogP contribution < -0.4 is 5.32 Å². The molecule has 0 saturated carbocycles. The first kappa shape index (κ1) is 13.8. The molecule has 5 heteroatoms. The predicted molar refractivity (Wildman–Crippen MR) is 76.4 cm³/mol. The van der Waals surface area contributed by atoms with Crippen LogP contribution in [0.15, 0.2) is 18.3 Å². The van der Waals surface area contributed by atoms with Crippen molar-refractivity contribution in [1.29, 1.82) is 0 Å². The van der Waals surface area contributed by atoms with Gasteiger partial charge in [-0.2, -0.15) is 0 Å². The normalized spacial score (nSPS) is 15.5. The minimum absolute atomic E-state index is 0.0538. The van der Waals surface area contributed by atoms with Crippen LogP contribution >= 0.6 is 0 Å². The van der Waals surface area contributed by atoms with Crippen LogP contribution in [0.1, 0.15) is 23.2 Å². The number of nitrogens with zero attached hydrogens (tertiary/aromatic N) is 3. The van der Waals surface area contributed by atoms with Crippen LogP contribution in [0.25, 0.3) is 0 Å². The van der Waals surface area contributed by atoms with Crippen molar-refractivity contribution in [2.45, 2.75) is 12.8 Å². The van der Waals surface area contributed by atoms with Gasteiger partial charge in [-0.3, -0.25) is 4.79 Å². The molecule has 0 aromatic carbocycles. The van der Waals surface area contributed by atoms with Gasteiger partial charge in [-0.25, -0.2) is 4.98 Å². The summed E-state index contributed by atoms with van der Waals surface area (Å²) in [5.41, 5.74) is 0.684.